The normalized spacial score (nSPS) is 23.2. The van der Waals surface area contributed by atoms with Crippen LogP contribution in [0.3, 0.4) is 0 Å². The highest BCUT2D eigenvalue weighted by Gasteiger charge is 2.34. The van der Waals surface area contributed by atoms with Gasteiger partial charge in [0.2, 0.25) is 0 Å². The van der Waals surface area contributed by atoms with E-state index in [0.29, 0.717) is 0 Å². The number of furan rings is 1. The van der Waals surface area contributed by atoms with E-state index in [4.69, 9.17) is 10.2 Å². The van der Waals surface area contributed by atoms with Crippen LogP contribution in [0.5, 0.6) is 0 Å². The third-order valence-corrected chi connectivity index (χ3v) is 4.20. The smallest absolute Gasteiger partial charge is 0.122 e. The summed E-state index contributed by atoms with van der Waals surface area (Å²) < 4.78 is 5.79. The van der Waals surface area contributed by atoms with Crippen molar-refractivity contribution >= 4 is 0 Å². The van der Waals surface area contributed by atoms with E-state index in [1.54, 1.807) is 0 Å². The number of nitrogens with zero attached hydrogens (tertiary/aromatic N) is 1. The molecule has 1 fully saturated rings. The molecule has 108 valence electrons. The Morgan fingerprint density at radius 2 is 2.05 bits per heavy atom. The minimum Gasteiger partial charge on any atom is -0.465 e. The maximum atomic E-state index is 10.1. The largest absolute Gasteiger partial charge is 0.465 e. The second kappa shape index (κ2) is 5.65. The molecule has 0 amide bonds. The van der Waals surface area contributed by atoms with Crippen LogP contribution in [0.4, 0.5) is 0 Å². The summed E-state index contributed by atoms with van der Waals surface area (Å²) in [4.78, 5) is 2.35. The fraction of sp³-hybridized carbons (Fsp3) is 0.733. The molecule has 2 atom stereocenters. The van der Waals surface area contributed by atoms with E-state index in [1.165, 1.54) is 0 Å². The quantitative estimate of drug-likeness (QED) is 0.877. The summed E-state index contributed by atoms with van der Waals surface area (Å²) in [5.41, 5.74) is 5.76. The first-order valence-electron chi connectivity index (χ1n) is 7.21. The summed E-state index contributed by atoms with van der Waals surface area (Å²) in [6.45, 7) is 7.71. The molecule has 4 nitrogen and oxygen atoms in total. The average Bonchev–Trinajstić information content (AvgIpc) is 2.78. The van der Waals surface area contributed by atoms with Gasteiger partial charge in [-0.2, -0.15) is 0 Å². The minimum absolute atomic E-state index is 0.0635. The summed E-state index contributed by atoms with van der Waals surface area (Å²) in [6, 6.07) is 4.20. The van der Waals surface area contributed by atoms with Crippen molar-refractivity contribution in [3.8, 4) is 0 Å². The maximum Gasteiger partial charge on any atom is 0.122 e. The highest BCUT2D eigenvalue weighted by Crippen LogP contribution is 2.32. The Morgan fingerprint density at radius 1 is 1.42 bits per heavy atom. The van der Waals surface area contributed by atoms with Crippen LogP contribution in [-0.4, -0.2) is 34.7 Å². The highest BCUT2D eigenvalue weighted by molar-refractivity contribution is 5.12. The molecule has 2 unspecified atom stereocenters. The molecular formula is C15H26N2O2. The Labute approximate surface area is 115 Å². The van der Waals surface area contributed by atoms with E-state index in [1.807, 2.05) is 26.0 Å². The molecule has 0 aliphatic carbocycles. The average molecular weight is 266 g/mol. The molecule has 1 aliphatic heterocycles. The van der Waals surface area contributed by atoms with Gasteiger partial charge in [-0.15, -0.1) is 0 Å². The Morgan fingerprint density at radius 3 is 2.53 bits per heavy atom. The topological polar surface area (TPSA) is 62.6 Å². The number of likely N-dealkylation sites (tertiary alicyclic amines) is 1. The third kappa shape index (κ3) is 3.38. The van der Waals surface area contributed by atoms with Crippen molar-refractivity contribution in [1.82, 2.24) is 4.90 Å². The van der Waals surface area contributed by atoms with Gasteiger partial charge in [-0.3, -0.25) is 4.90 Å². The van der Waals surface area contributed by atoms with Gasteiger partial charge >= 0.3 is 0 Å². The Hall–Kier alpha value is -0.840. The predicted molar refractivity (Wildman–Crippen MR) is 75.9 cm³/mol. The zero-order valence-electron chi connectivity index (χ0n) is 12.2. The van der Waals surface area contributed by atoms with E-state index in [0.717, 1.165) is 43.9 Å². The molecule has 1 aliphatic rings. The van der Waals surface area contributed by atoms with Gasteiger partial charge in [0, 0.05) is 19.1 Å². The molecule has 3 N–H and O–H groups in total. The van der Waals surface area contributed by atoms with Gasteiger partial charge in [-0.1, -0.05) is 6.92 Å². The number of rotatable bonds is 4. The second-order valence-corrected chi connectivity index (χ2v) is 6.00. The van der Waals surface area contributed by atoms with E-state index < -0.39 is 5.60 Å². The highest BCUT2D eigenvalue weighted by atomic mass is 16.3. The Bertz CT molecular complexity index is 404. The first kappa shape index (κ1) is 14.6. The zero-order chi connectivity index (χ0) is 14.0. The SMILES string of the molecule is CCC(N)C(c1ccc(C)o1)N1CCC(C)(O)CC1. The van der Waals surface area contributed by atoms with Gasteiger partial charge in [0.05, 0.1) is 11.6 Å². The van der Waals surface area contributed by atoms with Crippen LogP contribution >= 0.6 is 0 Å². The summed E-state index contributed by atoms with van der Waals surface area (Å²) in [7, 11) is 0. The van der Waals surface area contributed by atoms with Crippen LogP contribution in [0.1, 0.15) is 50.7 Å². The maximum absolute atomic E-state index is 10.1. The number of piperidine rings is 1. The lowest BCUT2D eigenvalue weighted by molar-refractivity contribution is -0.0231. The molecular weight excluding hydrogens is 240 g/mol. The molecule has 19 heavy (non-hydrogen) atoms. The summed E-state index contributed by atoms with van der Waals surface area (Å²) in [5.74, 6) is 1.88. The van der Waals surface area contributed by atoms with Gasteiger partial charge in [0.1, 0.15) is 11.5 Å². The molecule has 0 aromatic carbocycles. The van der Waals surface area contributed by atoms with Gasteiger partial charge in [0.15, 0.2) is 0 Å². The van der Waals surface area contributed by atoms with Crippen molar-refractivity contribution in [3.05, 3.63) is 23.7 Å². The van der Waals surface area contributed by atoms with Crippen molar-refractivity contribution in [1.29, 1.82) is 0 Å². The first-order valence-corrected chi connectivity index (χ1v) is 7.21. The number of hydrogen-bond acceptors (Lipinski definition) is 4. The number of hydrogen-bond donors (Lipinski definition) is 2. The van der Waals surface area contributed by atoms with Gasteiger partial charge in [-0.25, -0.2) is 0 Å². The fourth-order valence-corrected chi connectivity index (χ4v) is 2.78. The van der Waals surface area contributed by atoms with Crippen LogP contribution in [-0.2, 0) is 0 Å². The van der Waals surface area contributed by atoms with Crippen molar-refractivity contribution in [2.75, 3.05) is 13.1 Å². The summed E-state index contributed by atoms with van der Waals surface area (Å²) >= 11 is 0. The predicted octanol–water partition coefficient (Wildman–Crippen LogP) is 2.21. The molecule has 1 aromatic heterocycles. The van der Waals surface area contributed by atoms with Crippen molar-refractivity contribution in [2.24, 2.45) is 5.73 Å². The van der Waals surface area contributed by atoms with E-state index >= 15 is 0 Å². The molecule has 0 bridgehead atoms. The van der Waals surface area contributed by atoms with Crippen molar-refractivity contribution in [2.45, 2.75) is 57.7 Å². The van der Waals surface area contributed by atoms with Gasteiger partial charge < -0.3 is 15.3 Å². The first-order chi connectivity index (χ1) is 8.93. The molecule has 2 rings (SSSR count). The molecule has 0 radical (unpaired) electrons. The van der Waals surface area contributed by atoms with Gasteiger partial charge in [0.25, 0.3) is 0 Å². The van der Waals surface area contributed by atoms with Crippen LogP contribution in [0.2, 0.25) is 0 Å². The van der Waals surface area contributed by atoms with Crippen molar-refractivity contribution < 1.29 is 9.52 Å². The lowest BCUT2D eigenvalue weighted by Gasteiger charge is -2.41. The molecule has 4 heteroatoms. The molecule has 1 saturated heterocycles. The van der Waals surface area contributed by atoms with E-state index in [-0.39, 0.29) is 12.1 Å². The van der Waals surface area contributed by atoms with Crippen molar-refractivity contribution in [3.63, 3.8) is 0 Å². The molecule has 2 heterocycles. The lowest BCUT2D eigenvalue weighted by Crippen LogP contribution is -2.48. The monoisotopic (exact) mass is 266 g/mol. The van der Waals surface area contributed by atoms with Crippen LogP contribution in [0.15, 0.2) is 16.5 Å². The Balaban J connectivity index is 2.15. The molecule has 0 spiro atoms. The van der Waals surface area contributed by atoms with E-state index in [2.05, 4.69) is 11.8 Å². The Kier molecular flexibility index (Phi) is 4.33. The summed E-state index contributed by atoms with van der Waals surface area (Å²) in [6.07, 6.45) is 2.50. The third-order valence-electron chi connectivity index (χ3n) is 4.20. The standard InChI is InChI=1S/C15H26N2O2/c1-4-12(16)14(13-6-5-11(2)19-13)17-9-7-15(3,18)8-10-17/h5-6,12,14,18H,4,7-10,16H2,1-3H3. The number of aliphatic hydroxyl groups is 1. The molecule has 1 aromatic rings. The van der Waals surface area contributed by atoms with Crippen LogP contribution in [0, 0.1) is 6.92 Å². The number of aryl methyl sites for hydroxylation is 1. The van der Waals surface area contributed by atoms with Crippen LogP contribution < -0.4 is 5.73 Å². The lowest BCUT2D eigenvalue weighted by atomic mass is 9.91. The zero-order valence-corrected chi connectivity index (χ0v) is 12.2. The van der Waals surface area contributed by atoms with Gasteiger partial charge in [-0.05, 0) is 45.2 Å². The van der Waals surface area contributed by atoms with Crippen LogP contribution in [0.25, 0.3) is 0 Å². The molecule has 0 saturated carbocycles. The fourth-order valence-electron chi connectivity index (χ4n) is 2.78. The van der Waals surface area contributed by atoms with E-state index in [9.17, 15) is 5.11 Å². The minimum atomic E-state index is -0.531. The summed E-state index contributed by atoms with van der Waals surface area (Å²) in [5, 5.41) is 10.1. The number of nitrogens with two attached hydrogens (primary N) is 1. The second-order valence-electron chi connectivity index (χ2n) is 6.00.